The molecule has 4 rings (SSSR count). The lowest BCUT2D eigenvalue weighted by Gasteiger charge is -2.27. The van der Waals surface area contributed by atoms with Crippen LogP contribution in [0.25, 0.3) is 11.2 Å². The molecule has 4 heterocycles. The highest BCUT2D eigenvalue weighted by Crippen LogP contribution is 2.58. The molecule has 5 N–H and O–H groups in total. The zero-order valence-electron chi connectivity index (χ0n) is 20.9. The summed E-state index contributed by atoms with van der Waals surface area (Å²) in [4.78, 5) is 24.9. The van der Waals surface area contributed by atoms with Crippen LogP contribution in [0.4, 0.5) is 5.95 Å². The van der Waals surface area contributed by atoms with Gasteiger partial charge >= 0.3 is 12.7 Å². The standard InChI is InChI=1S/C21H33N6O8PS/c1-4-5-8-33-18(29)12-7-6-9-37-36(31,26-12)34-10-13-15(28)21(2,30)19(35-13)27-11-23-14-16(27)24-20(22)25-17(14)32-3/h11-13,15,19,28,30H,4-10H2,1-3H3,(H,26,31)(H2,22,24,25)/t12-,13-,15-,19-,21-,36+/m1/s1. The number of hydrogen-bond acceptors (Lipinski definition) is 13. The zero-order valence-corrected chi connectivity index (χ0v) is 22.6. The Bertz CT molecular complexity index is 1170. The lowest BCUT2D eigenvalue weighted by molar-refractivity contribution is -0.146. The number of carbonyl (C=O) groups is 1. The maximum absolute atomic E-state index is 13.5. The SMILES string of the molecule is CCCCOC(=O)[C@H]1CCCS[P@@](=O)(OC[C@H]2O[C@@H](n3cnc4c(OC)nc(N)nc43)[C@](C)(O)[C@@H]2O)N1. The first kappa shape index (κ1) is 28.0. The third-order valence-corrected chi connectivity index (χ3v) is 10.4. The fourth-order valence-corrected chi connectivity index (χ4v) is 8.04. The first-order chi connectivity index (χ1) is 17.6. The minimum Gasteiger partial charge on any atom is -0.479 e. The number of nitrogens with two attached hydrogens (primary N) is 1. The Kier molecular flexibility index (Phi) is 8.63. The molecule has 206 valence electrons. The summed E-state index contributed by atoms with van der Waals surface area (Å²) in [6, 6.07) is -0.764. The Morgan fingerprint density at radius 2 is 2.24 bits per heavy atom. The third kappa shape index (κ3) is 5.87. The number of aromatic nitrogens is 4. The summed E-state index contributed by atoms with van der Waals surface area (Å²) in [7, 11) is 1.41. The second-order valence-corrected chi connectivity index (χ2v) is 13.5. The molecule has 2 saturated heterocycles. The van der Waals surface area contributed by atoms with Gasteiger partial charge in [-0.2, -0.15) is 9.97 Å². The number of ether oxygens (including phenoxy) is 3. The van der Waals surface area contributed by atoms with Gasteiger partial charge in [-0.05, 0) is 26.2 Å². The predicted octanol–water partition coefficient (Wildman–Crippen LogP) is 1.38. The van der Waals surface area contributed by atoms with E-state index in [1.165, 1.54) is 24.9 Å². The van der Waals surface area contributed by atoms with Crippen molar-refractivity contribution in [3.05, 3.63) is 6.33 Å². The Hall–Kier alpha value is -2.00. The molecule has 2 fully saturated rings. The smallest absolute Gasteiger partial charge is 0.327 e. The van der Waals surface area contributed by atoms with Crippen molar-refractivity contribution in [3.63, 3.8) is 0 Å². The quantitative estimate of drug-likeness (QED) is 0.195. The molecule has 6 atom stereocenters. The lowest BCUT2D eigenvalue weighted by atomic mass is 9.96. The number of anilines is 1. The number of nitrogens with one attached hydrogen (secondary N) is 1. The van der Waals surface area contributed by atoms with Gasteiger partial charge in [0.15, 0.2) is 17.4 Å². The summed E-state index contributed by atoms with van der Waals surface area (Å²) in [6.07, 6.45) is 0.538. The molecule has 0 radical (unpaired) electrons. The predicted molar refractivity (Wildman–Crippen MR) is 135 cm³/mol. The largest absolute Gasteiger partial charge is 0.479 e. The number of aliphatic hydroxyl groups is 2. The second-order valence-electron chi connectivity index (χ2n) is 9.08. The molecule has 37 heavy (non-hydrogen) atoms. The number of esters is 1. The van der Waals surface area contributed by atoms with E-state index in [1.807, 2.05) is 6.92 Å². The van der Waals surface area contributed by atoms with Crippen LogP contribution in [0.1, 0.15) is 45.8 Å². The summed E-state index contributed by atoms with van der Waals surface area (Å²) in [5.41, 5.74) is 4.53. The average molecular weight is 561 g/mol. The van der Waals surface area contributed by atoms with E-state index in [2.05, 4.69) is 20.0 Å². The highest BCUT2D eigenvalue weighted by atomic mass is 32.7. The van der Waals surface area contributed by atoms with E-state index >= 15 is 0 Å². The summed E-state index contributed by atoms with van der Waals surface area (Å²) < 4.78 is 37.1. The van der Waals surface area contributed by atoms with Crippen LogP contribution in [-0.2, 0) is 23.4 Å². The van der Waals surface area contributed by atoms with E-state index in [-0.39, 0.29) is 24.1 Å². The Balaban J connectivity index is 1.47. The minimum atomic E-state index is -3.54. The average Bonchev–Trinajstić information content (AvgIpc) is 3.28. The molecule has 0 unspecified atom stereocenters. The maximum Gasteiger partial charge on any atom is 0.327 e. The highest BCUT2D eigenvalue weighted by Gasteiger charge is 2.54. The van der Waals surface area contributed by atoms with E-state index in [0.29, 0.717) is 30.7 Å². The number of rotatable bonds is 9. The molecular formula is C21H33N6O8PS. The number of nitrogens with zero attached hydrogens (tertiary/aromatic N) is 4. The molecule has 0 spiro atoms. The van der Waals surface area contributed by atoms with Crippen molar-refractivity contribution in [2.75, 3.05) is 31.8 Å². The van der Waals surface area contributed by atoms with Crippen molar-refractivity contribution in [1.29, 1.82) is 0 Å². The van der Waals surface area contributed by atoms with E-state index in [1.54, 1.807) is 0 Å². The first-order valence-corrected chi connectivity index (χ1v) is 15.2. The van der Waals surface area contributed by atoms with Crippen molar-refractivity contribution in [2.24, 2.45) is 0 Å². The van der Waals surface area contributed by atoms with Crippen LogP contribution in [0, 0.1) is 0 Å². The maximum atomic E-state index is 13.5. The van der Waals surface area contributed by atoms with Crippen molar-refractivity contribution in [1.82, 2.24) is 24.6 Å². The molecule has 16 heteroatoms. The molecule has 0 bridgehead atoms. The van der Waals surface area contributed by atoms with Gasteiger partial charge in [0, 0.05) is 5.75 Å². The van der Waals surface area contributed by atoms with Gasteiger partial charge in [0.2, 0.25) is 11.8 Å². The number of unbranched alkanes of at least 4 members (excludes halogenated alkanes) is 1. The van der Waals surface area contributed by atoms with Gasteiger partial charge in [-0.15, -0.1) is 0 Å². The van der Waals surface area contributed by atoms with Crippen molar-refractivity contribution in [2.45, 2.75) is 69.6 Å². The number of hydrogen-bond donors (Lipinski definition) is 4. The van der Waals surface area contributed by atoms with Crippen LogP contribution < -0.4 is 15.6 Å². The van der Waals surface area contributed by atoms with Crippen molar-refractivity contribution in [3.8, 4) is 5.88 Å². The Labute approximate surface area is 217 Å². The molecule has 2 aliphatic heterocycles. The van der Waals surface area contributed by atoms with Crippen LogP contribution >= 0.6 is 18.1 Å². The molecule has 2 aliphatic rings. The van der Waals surface area contributed by atoms with Crippen LogP contribution in [-0.4, -0.2) is 85.6 Å². The van der Waals surface area contributed by atoms with Crippen molar-refractivity contribution < 1.29 is 38.3 Å². The number of carbonyl (C=O) groups excluding carboxylic acids is 1. The van der Waals surface area contributed by atoms with E-state index in [9.17, 15) is 19.6 Å². The lowest BCUT2D eigenvalue weighted by Crippen LogP contribution is -2.44. The number of nitrogen functional groups attached to an aromatic ring is 1. The number of fused-ring (bicyclic) bond motifs is 1. The van der Waals surface area contributed by atoms with E-state index < -0.39 is 42.8 Å². The topological polar surface area (TPSA) is 193 Å². The molecule has 0 aliphatic carbocycles. The fraction of sp³-hybridized carbons (Fsp3) is 0.714. The summed E-state index contributed by atoms with van der Waals surface area (Å²) >= 11 is 1.08. The van der Waals surface area contributed by atoms with Gasteiger partial charge < -0.3 is 34.7 Å². The Morgan fingerprint density at radius 1 is 1.46 bits per heavy atom. The van der Waals surface area contributed by atoms with Crippen molar-refractivity contribution >= 4 is 41.2 Å². The van der Waals surface area contributed by atoms with Gasteiger partial charge in [-0.3, -0.25) is 13.9 Å². The summed E-state index contributed by atoms with van der Waals surface area (Å²) in [5.74, 6) is 0.128. The molecule has 0 aromatic carbocycles. The first-order valence-electron chi connectivity index (χ1n) is 12.0. The molecular weight excluding hydrogens is 527 g/mol. The van der Waals surface area contributed by atoms with Gasteiger partial charge in [0.1, 0.15) is 23.9 Å². The van der Waals surface area contributed by atoms with Crippen LogP contribution in [0.3, 0.4) is 0 Å². The minimum absolute atomic E-state index is 0.0680. The molecule has 2 aromatic rings. The van der Waals surface area contributed by atoms with Gasteiger partial charge in [-0.25, -0.2) is 10.1 Å². The summed E-state index contributed by atoms with van der Waals surface area (Å²) in [6.45, 7) is -0.156. The number of imidazole rings is 1. The normalized spacial score (nSPS) is 32.4. The van der Waals surface area contributed by atoms with Crippen LogP contribution in [0.2, 0.25) is 0 Å². The van der Waals surface area contributed by atoms with Gasteiger partial charge in [0.25, 0.3) is 0 Å². The van der Waals surface area contributed by atoms with E-state index in [0.717, 1.165) is 24.2 Å². The zero-order chi connectivity index (χ0) is 26.8. The second kappa shape index (κ2) is 11.4. The number of aliphatic hydroxyl groups excluding tert-OH is 1. The molecule has 0 amide bonds. The highest BCUT2D eigenvalue weighted by molar-refractivity contribution is 8.56. The summed E-state index contributed by atoms with van der Waals surface area (Å²) in [5, 5.41) is 24.9. The van der Waals surface area contributed by atoms with Gasteiger partial charge in [-0.1, -0.05) is 24.7 Å². The fourth-order valence-electron chi connectivity index (χ4n) is 4.20. The third-order valence-electron chi connectivity index (χ3n) is 6.26. The van der Waals surface area contributed by atoms with Gasteiger partial charge in [0.05, 0.1) is 26.7 Å². The Morgan fingerprint density at radius 3 is 2.97 bits per heavy atom. The van der Waals surface area contributed by atoms with Crippen LogP contribution in [0.15, 0.2) is 6.33 Å². The van der Waals surface area contributed by atoms with E-state index in [4.69, 9.17) is 24.5 Å². The monoisotopic (exact) mass is 560 g/mol. The molecule has 0 saturated carbocycles. The molecule has 14 nitrogen and oxygen atoms in total. The molecule has 2 aromatic heterocycles. The van der Waals surface area contributed by atoms with Crippen LogP contribution in [0.5, 0.6) is 5.88 Å². The number of methoxy groups -OCH3 is 1.